The molecule has 28 heavy (non-hydrogen) atoms. The van der Waals surface area contributed by atoms with Crippen molar-refractivity contribution in [2.24, 2.45) is 0 Å². The molecule has 2 aromatic rings. The molecular formula is C17H17F3N2O4S2. The lowest BCUT2D eigenvalue weighted by atomic mass is 10.1. The molecule has 0 saturated carbocycles. The molecular weight excluding hydrogens is 417 g/mol. The van der Waals surface area contributed by atoms with Crippen LogP contribution in [0.15, 0.2) is 35.2 Å². The van der Waals surface area contributed by atoms with E-state index in [9.17, 15) is 26.4 Å². The first-order valence-electron chi connectivity index (χ1n) is 8.43. The minimum Gasteiger partial charge on any atom is -0.406 e. The summed E-state index contributed by atoms with van der Waals surface area (Å²) in [5, 5.41) is 0. The van der Waals surface area contributed by atoms with Crippen molar-refractivity contribution in [3.05, 3.63) is 45.6 Å². The van der Waals surface area contributed by atoms with Gasteiger partial charge >= 0.3 is 6.36 Å². The fourth-order valence-electron chi connectivity index (χ4n) is 2.85. The molecule has 0 unspecified atom stereocenters. The monoisotopic (exact) mass is 434 g/mol. The molecule has 1 aromatic heterocycles. The van der Waals surface area contributed by atoms with E-state index in [1.54, 1.807) is 6.07 Å². The van der Waals surface area contributed by atoms with Crippen LogP contribution in [0.3, 0.4) is 0 Å². The number of carbonyl (C=O) groups is 1. The highest BCUT2D eigenvalue weighted by Gasteiger charge is 2.31. The summed E-state index contributed by atoms with van der Waals surface area (Å²) in [7, 11) is -4.27. The Balaban J connectivity index is 1.68. The van der Waals surface area contributed by atoms with Crippen LogP contribution in [0.1, 0.15) is 39.4 Å². The van der Waals surface area contributed by atoms with Gasteiger partial charge in [-0.1, -0.05) is 12.5 Å². The number of aryl methyl sites for hydroxylation is 2. The highest BCUT2D eigenvalue weighted by atomic mass is 32.2. The maximum absolute atomic E-state index is 12.3. The van der Waals surface area contributed by atoms with Crippen molar-refractivity contribution in [3.63, 3.8) is 0 Å². The molecule has 152 valence electrons. The van der Waals surface area contributed by atoms with Crippen molar-refractivity contribution in [3.8, 4) is 5.75 Å². The minimum atomic E-state index is -4.94. The lowest BCUT2D eigenvalue weighted by Gasteiger charge is -2.11. The molecule has 0 radical (unpaired) electrons. The zero-order valence-corrected chi connectivity index (χ0v) is 16.1. The first kappa shape index (κ1) is 20.6. The van der Waals surface area contributed by atoms with Crippen LogP contribution in [0.25, 0.3) is 0 Å². The largest absolute Gasteiger partial charge is 0.573 e. The number of ether oxygens (including phenoxy) is 1. The number of carbonyl (C=O) groups excluding carboxylic acids is 1. The molecule has 0 fully saturated rings. The molecule has 11 heteroatoms. The summed E-state index contributed by atoms with van der Waals surface area (Å²) in [5.41, 5.74) is 3.20. The third kappa shape index (κ3) is 5.24. The maximum Gasteiger partial charge on any atom is 0.573 e. The standard InChI is InChI=1S/C17H17F3N2O4S2/c18-17(19,20)26-12-6-4-7-13(10-12)28(24,25)22-21-16(23)15-9-11-5-2-1-3-8-14(11)27-15/h4,6-7,9-10,22H,1-3,5,8H2,(H,21,23). The van der Waals surface area contributed by atoms with Crippen molar-refractivity contribution in [2.75, 3.05) is 0 Å². The summed E-state index contributed by atoms with van der Waals surface area (Å²) in [6.07, 6.45) is 0.0776. The maximum atomic E-state index is 12.3. The molecule has 1 aromatic carbocycles. The van der Waals surface area contributed by atoms with E-state index in [0.717, 1.165) is 66.8 Å². The van der Waals surface area contributed by atoms with E-state index in [-0.39, 0.29) is 0 Å². The molecule has 0 saturated heterocycles. The number of hydrogen-bond acceptors (Lipinski definition) is 5. The number of hydrogen-bond donors (Lipinski definition) is 2. The van der Waals surface area contributed by atoms with E-state index in [1.165, 1.54) is 11.3 Å². The third-order valence-electron chi connectivity index (χ3n) is 4.12. The molecule has 1 heterocycles. The molecule has 0 aliphatic heterocycles. The fourth-order valence-corrected chi connectivity index (χ4v) is 4.87. The second-order valence-corrected chi connectivity index (χ2v) is 9.02. The lowest BCUT2D eigenvalue weighted by Crippen LogP contribution is -2.41. The molecule has 6 nitrogen and oxygen atoms in total. The number of hydrazine groups is 1. The second kappa shape index (κ2) is 8.10. The number of rotatable bonds is 5. The van der Waals surface area contributed by atoms with Crippen molar-refractivity contribution in [1.29, 1.82) is 0 Å². The Morgan fingerprint density at radius 1 is 1.11 bits per heavy atom. The highest BCUT2D eigenvalue weighted by Crippen LogP contribution is 2.29. The van der Waals surface area contributed by atoms with Gasteiger partial charge in [-0.25, -0.2) is 8.42 Å². The molecule has 3 rings (SSSR count). The van der Waals surface area contributed by atoms with Gasteiger partial charge in [-0.15, -0.1) is 29.3 Å². The first-order valence-corrected chi connectivity index (χ1v) is 10.7. The molecule has 1 aliphatic rings. The van der Waals surface area contributed by atoms with Gasteiger partial charge in [0.2, 0.25) is 0 Å². The fraction of sp³-hybridized carbons (Fsp3) is 0.353. The van der Waals surface area contributed by atoms with Gasteiger partial charge < -0.3 is 4.74 Å². The van der Waals surface area contributed by atoms with E-state index in [2.05, 4.69) is 10.2 Å². The van der Waals surface area contributed by atoms with Gasteiger partial charge in [0.1, 0.15) is 5.75 Å². The number of nitrogens with one attached hydrogen (secondary N) is 2. The zero-order valence-electron chi connectivity index (χ0n) is 14.5. The average Bonchev–Trinajstić information content (AvgIpc) is 2.89. The van der Waals surface area contributed by atoms with E-state index in [0.29, 0.717) is 4.88 Å². The van der Waals surface area contributed by atoms with Crippen LogP contribution < -0.4 is 15.0 Å². The van der Waals surface area contributed by atoms with Gasteiger partial charge in [0.05, 0.1) is 9.77 Å². The highest BCUT2D eigenvalue weighted by molar-refractivity contribution is 7.89. The number of benzene rings is 1. The average molecular weight is 434 g/mol. The number of fused-ring (bicyclic) bond motifs is 1. The summed E-state index contributed by atoms with van der Waals surface area (Å²) >= 11 is 1.32. The third-order valence-corrected chi connectivity index (χ3v) is 6.60. The summed E-state index contributed by atoms with van der Waals surface area (Å²) in [6, 6.07) is 5.64. The van der Waals surface area contributed by atoms with Gasteiger partial charge in [0.25, 0.3) is 15.9 Å². The predicted octanol–water partition coefficient (Wildman–Crippen LogP) is 3.54. The van der Waals surface area contributed by atoms with Crippen LogP contribution in [-0.2, 0) is 22.9 Å². The number of amides is 1. The lowest BCUT2D eigenvalue weighted by molar-refractivity contribution is -0.274. The van der Waals surface area contributed by atoms with Crippen LogP contribution in [0, 0.1) is 0 Å². The molecule has 1 aliphatic carbocycles. The smallest absolute Gasteiger partial charge is 0.406 e. The second-order valence-electron chi connectivity index (χ2n) is 6.20. The Hall–Kier alpha value is -2.11. The van der Waals surface area contributed by atoms with Crippen molar-refractivity contribution in [1.82, 2.24) is 10.3 Å². The SMILES string of the molecule is O=C(NNS(=O)(=O)c1cccc(OC(F)(F)F)c1)c1cc2c(s1)CCCCC2. The van der Waals surface area contributed by atoms with E-state index in [4.69, 9.17) is 0 Å². The molecule has 0 spiro atoms. The summed E-state index contributed by atoms with van der Waals surface area (Å²) in [4.78, 5) is 15.2. The van der Waals surface area contributed by atoms with E-state index < -0.39 is 32.9 Å². The summed E-state index contributed by atoms with van der Waals surface area (Å²) in [6.45, 7) is 0. The van der Waals surface area contributed by atoms with Crippen molar-refractivity contribution in [2.45, 2.75) is 43.4 Å². The van der Waals surface area contributed by atoms with Crippen LogP contribution in [0.5, 0.6) is 5.75 Å². The summed E-state index contributed by atoms with van der Waals surface area (Å²) < 4.78 is 65.1. The molecule has 0 atom stereocenters. The van der Waals surface area contributed by atoms with Crippen LogP contribution in [0.4, 0.5) is 13.2 Å². The Bertz CT molecular complexity index is 948. The Kier molecular flexibility index (Phi) is 5.96. The van der Waals surface area contributed by atoms with Gasteiger partial charge in [-0.2, -0.15) is 0 Å². The van der Waals surface area contributed by atoms with Gasteiger partial charge in [-0.3, -0.25) is 10.2 Å². The number of thiophene rings is 1. The van der Waals surface area contributed by atoms with Crippen LogP contribution in [0.2, 0.25) is 0 Å². The molecule has 0 bridgehead atoms. The van der Waals surface area contributed by atoms with Gasteiger partial charge in [-0.05, 0) is 49.4 Å². The van der Waals surface area contributed by atoms with Crippen LogP contribution >= 0.6 is 11.3 Å². The Labute approximate surface area is 163 Å². The number of sulfonamides is 1. The normalized spacial score (nSPS) is 14.8. The minimum absolute atomic E-state index is 0.378. The summed E-state index contributed by atoms with van der Waals surface area (Å²) in [5.74, 6) is -1.30. The number of halogens is 3. The Morgan fingerprint density at radius 3 is 2.61 bits per heavy atom. The van der Waals surface area contributed by atoms with Crippen molar-refractivity contribution >= 4 is 27.3 Å². The molecule has 1 amide bonds. The van der Waals surface area contributed by atoms with Crippen LogP contribution in [-0.4, -0.2) is 20.7 Å². The van der Waals surface area contributed by atoms with Crippen molar-refractivity contribution < 1.29 is 31.1 Å². The van der Waals surface area contributed by atoms with Gasteiger partial charge in [0.15, 0.2) is 0 Å². The topological polar surface area (TPSA) is 84.5 Å². The van der Waals surface area contributed by atoms with E-state index in [1.807, 2.05) is 4.83 Å². The quantitative estimate of drug-likeness (QED) is 0.557. The Morgan fingerprint density at radius 2 is 1.86 bits per heavy atom. The van der Waals surface area contributed by atoms with Gasteiger partial charge in [0, 0.05) is 10.9 Å². The van der Waals surface area contributed by atoms with E-state index >= 15 is 0 Å². The zero-order chi connectivity index (χ0) is 20.4. The first-order chi connectivity index (χ1) is 13.1. The predicted molar refractivity (Wildman–Crippen MR) is 96.5 cm³/mol. The molecule has 2 N–H and O–H groups in total. The number of alkyl halides is 3.